The zero-order valence-electron chi connectivity index (χ0n) is 17.5. The van der Waals surface area contributed by atoms with Gasteiger partial charge in [0.25, 0.3) is 0 Å². The molecule has 0 bridgehead atoms. The van der Waals surface area contributed by atoms with Crippen LogP contribution in [-0.4, -0.2) is 35.2 Å². The van der Waals surface area contributed by atoms with E-state index in [1.807, 2.05) is 0 Å². The highest BCUT2D eigenvalue weighted by molar-refractivity contribution is 6.86. The van der Waals surface area contributed by atoms with Gasteiger partial charge in [-0.15, -0.1) is 0 Å². The summed E-state index contributed by atoms with van der Waals surface area (Å²) in [5, 5.41) is 0. The molecule has 0 spiro atoms. The van der Waals surface area contributed by atoms with Crippen molar-refractivity contribution in [3.63, 3.8) is 0 Å². The Bertz CT molecular complexity index is 374. The summed E-state index contributed by atoms with van der Waals surface area (Å²) in [6, 6.07) is 0. The maximum absolute atomic E-state index is 7.21. The number of hydrogen-bond donors (Lipinski definition) is 0. The Kier molecular flexibility index (Phi) is 8.64. The highest BCUT2D eigenvalue weighted by Crippen LogP contribution is 2.50. The smallest absolute Gasteiger partial charge is 0.325 e. The van der Waals surface area contributed by atoms with Crippen molar-refractivity contribution < 1.29 is 12.3 Å². The quantitative estimate of drug-likeness (QED) is 0.431. The highest BCUT2D eigenvalue weighted by Gasteiger charge is 2.55. The molecule has 0 atom stereocenters. The van der Waals surface area contributed by atoms with Crippen LogP contribution in [0, 0.1) is 0 Å². The molecule has 146 valence electrons. The maximum Gasteiger partial charge on any atom is 0.325 e. The van der Waals surface area contributed by atoms with Gasteiger partial charge in [0.05, 0.1) is 0 Å². The fourth-order valence-electron chi connectivity index (χ4n) is 4.91. The average Bonchev–Trinajstić information content (AvgIpc) is 2.54. The van der Waals surface area contributed by atoms with Crippen molar-refractivity contribution in [1.29, 1.82) is 0 Å². The second-order valence-electron chi connectivity index (χ2n) is 8.91. The molecule has 0 amide bonds. The highest BCUT2D eigenvalue weighted by atomic mass is 28.5. The molecule has 7 heteroatoms. The van der Waals surface area contributed by atoms with Gasteiger partial charge in [-0.2, -0.15) is 0 Å². The standard InChI is InChI=1S/C18H40O3Si4/c1-22(2)19-24(5,6)21-25(20-23(3)4,17-13-9-7-10-14-17)18-15-11-8-12-16-18/h17-18H,7-16H2,1-6H3. The van der Waals surface area contributed by atoms with Crippen LogP contribution in [0.1, 0.15) is 64.2 Å². The number of hydrogen-bond acceptors (Lipinski definition) is 3. The van der Waals surface area contributed by atoms with Gasteiger partial charge in [-0.25, -0.2) is 0 Å². The summed E-state index contributed by atoms with van der Waals surface area (Å²) in [5.74, 6) is 0. The van der Waals surface area contributed by atoms with Crippen molar-refractivity contribution in [3.05, 3.63) is 0 Å². The molecule has 0 saturated heterocycles. The van der Waals surface area contributed by atoms with E-state index in [1.165, 1.54) is 64.2 Å². The molecule has 0 aliphatic heterocycles. The molecule has 0 heterocycles. The molecule has 2 aliphatic carbocycles. The number of rotatable bonds is 8. The van der Waals surface area contributed by atoms with E-state index >= 15 is 0 Å². The Morgan fingerprint density at radius 2 is 1.04 bits per heavy atom. The summed E-state index contributed by atoms with van der Waals surface area (Å²) in [5.41, 5.74) is 1.40. The van der Waals surface area contributed by atoms with Gasteiger partial charge < -0.3 is 12.3 Å². The van der Waals surface area contributed by atoms with Gasteiger partial charge in [0, 0.05) is 11.1 Å². The van der Waals surface area contributed by atoms with Crippen molar-refractivity contribution in [2.75, 3.05) is 0 Å². The van der Waals surface area contributed by atoms with Gasteiger partial charge in [-0.3, -0.25) is 0 Å². The third-order valence-electron chi connectivity index (χ3n) is 5.57. The molecule has 2 radical (unpaired) electrons. The first kappa shape index (κ1) is 22.0. The molecule has 2 fully saturated rings. The van der Waals surface area contributed by atoms with Crippen molar-refractivity contribution in [1.82, 2.24) is 0 Å². The maximum atomic E-state index is 7.21. The largest absolute Gasteiger partial charge is 0.437 e. The Morgan fingerprint density at radius 1 is 0.640 bits per heavy atom. The monoisotopic (exact) mass is 416 g/mol. The van der Waals surface area contributed by atoms with Crippen molar-refractivity contribution in [3.8, 4) is 0 Å². The van der Waals surface area contributed by atoms with E-state index in [0.29, 0.717) is 11.1 Å². The summed E-state index contributed by atoms with van der Waals surface area (Å²) < 4.78 is 20.7. The fourth-order valence-corrected chi connectivity index (χ4v) is 21.3. The van der Waals surface area contributed by atoms with Crippen LogP contribution in [-0.2, 0) is 12.3 Å². The first-order valence-corrected chi connectivity index (χ1v) is 20.0. The first-order chi connectivity index (χ1) is 11.8. The average molecular weight is 417 g/mol. The van der Waals surface area contributed by atoms with Gasteiger partial charge >= 0.3 is 17.1 Å². The molecule has 0 N–H and O–H groups in total. The molecule has 0 aromatic carbocycles. The van der Waals surface area contributed by atoms with E-state index in [-0.39, 0.29) is 0 Å². The Labute approximate surface area is 162 Å². The van der Waals surface area contributed by atoms with Crippen LogP contribution in [0.25, 0.3) is 0 Å². The van der Waals surface area contributed by atoms with E-state index in [9.17, 15) is 0 Å². The summed E-state index contributed by atoms with van der Waals surface area (Å²) in [7, 11) is -5.91. The van der Waals surface area contributed by atoms with Crippen molar-refractivity contribution >= 4 is 35.2 Å². The van der Waals surface area contributed by atoms with Crippen LogP contribution in [0.5, 0.6) is 0 Å². The van der Waals surface area contributed by atoms with Crippen LogP contribution in [0.4, 0.5) is 0 Å². The third-order valence-corrected chi connectivity index (χ3v) is 18.7. The lowest BCUT2D eigenvalue weighted by Crippen LogP contribution is -2.60. The topological polar surface area (TPSA) is 27.7 Å². The van der Waals surface area contributed by atoms with Gasteiger partial charge in [0.1, 0.15) is 0 Å². The van der Waals surface area contributed by atoms with Gasteiger partial charge in [-0.05, 0) is 65.0 Å². The van der Waals surface area contributed by atoms with Crippen LogP contribution in [0.15, 0.2) is 0 Å². The van der Waals surface area contributed by atoms with Crippen molar-refractivity contribution in [2.24, 2.45) is 0 Å². The summed E-state index contributed by atoms with van der Waals surface area (Å²) in [6.45, 7) is 13.7. The molecular formula is C18H40O3Si4. The van der Waals surface area contributed by atoms with Gasteiger partial charge in [0.15, 0.2) is 18.1 Å². The summed E-state index contributed by atoms with van der Waals surface area (Å²) in [6.07, 6.45) is 13.6. The van der Waals surface area contributed by atoms with E-state index in [2.05, 4.69) is 39.3 Å². The summed E-state index contributed by atoms with van der Waals surface area (Å²) >= 11 is 0. The fraction of sp³-hybridized carbons (Fsp3) is 1.00. The Hall–Kier alpha value is 0.748. The van der Waals surface area contributed by atoms with E-state index < -0.39 is 35.2 Å². The zero-order chi connectivity index (χ0) is 18.5. The molecule has 2 saturated carbocycles. The molecule has 3 nitrogen and oxygen atoms in total. The minimum atomic E-state index is -2.26. The molecule has 0 aromatic rings. The lowest BCUT2D eigenvalue weighted by molar-refractivity contribution is 0.264. The second-order valence-corrected chi connectivity index (χ2v) is 20.9. The third kappa shape index (κ3) is 6.40. The van der Waals surface area contributed by atoms with Crippen LogP contribution in [0.2, 0.25) is 50.4 Å². The lowest BCUT2D eigenvalue weighted by Gasteiger charge is -2.50. The van der Waals surface area contributed by atoms with Gasteiger partial charge in [0.2, 0.25) is 0 Å². The Morgan fingerprint density at radius 3 is 1.40 bits per heavy atom. The predicted molar refractivity (Wildman–Crippen MR) is 115 cm³/mol. The minimum Gasteiger partial charge on any atom is -0.437 e. The SMILES string of the molecule is C[Si](C)O[Si](C)(C)O[Si](O[Si](C)C)(C1CCCCC1)C1CCCCC1. The summed E-state index contributed by atoms with van der Waals surface area (Å²) in [4.78, 5) is 0. The molecule has 25 heavy (non-hydrogen) atoms. The second kappa shape index (κ2) is 9.79. The van der Waals surface area contributed by atoms with Crippen LogP contribution < -0.4 is 0 Å². The minimum absolute atomic E-state index is 0.698. The molecule has 0 aromatic heterocycles. The van der Waals surface area contributed by atoms with Crippen LogP contribution in [0.3, 0.4) is 0 Å². The van der Waals surface area contributed by atoms with Crippen molar-refractivity contribution in [2.45, 2.75) is 115 Å². The van der Waals surface area contributed by atoms with E-state index in [4.69, 9.17) is 12.3 Å². The van der Waals surface area contributed by atoms with E-state index in [0.717, 1.165) is 0 Å². The lowest BCUT2D eigenvalue weighted by atomic mass is 9.99. The van der Waals surface area contributed by atoms with Gasteiger partial charge in [-0.1, -0.05) is 38.5 Å². The molecule has 2 aliphatic rings. The molecule has 2 rings (SSSR count). The normalized spacial score (nSPS) is 22.1. The zero-order valence-corrected chi connectivity index (χ0v) is 21.5. The first-order valence-electron chi connectivity index (χ1n) is 10.4. The Balaban J connectivity index is 2.33. The van der Waals surface area contributed by atoms with E-state index in [1.54, 1.807) is 0 Å². The predicted octanol–water partition coefficient (Wildman–Crippen LogP) is 6.35. The molecule has 0 unspecified atom stereocenters. The van der Waals surface area contributed by atoms with Crippen LogP contribution >= 0.6 is 0 Å². The molecular weight excluding hydrogens is 377 g/mol.